The van der Waals surface area contributed by atoms with Crippen molar-refractivity contribution in [3.8, 4) is 11.5 Å². The molecule has 0 amide bonds. The van der Waals surface area contributed by atoms with E-state index in [1.807, 2.05) is 0 Å². The molecule has 0 radical (unpaired) electrons. The predicted molar refractivity (Wildman–Crippen MR) is 73.9 cm³/mol. The van der Waals surface area contributed by atoms with Crippen molar-refractivity contribution in [2.24, 2.45) is 0 Å². The van der Waals surface area contributed by atoms with Gasteiger partial charge in [0.15, 0.2) is 0 Å². The zero-order valence-corrected chi connectivity index (χ0v) is 11.8. The second kappa shape index (κ2) is 6.63. The summed E-state index contributed by atoms with van der Waals surface area (Å²) in [5.41, 5.74) is 0.709. The Labute approximate surface area is 117 Å². The van der Waals surface area contributed by atoms with Crippen molar-refractivity contribution in [2.75, 3.05) is 6.54 Å². The number of halogens is 1. The monoisotopic (exact) mass is 280 g/mol. The average molecular weight is 281 g/mol. The zero-order chi connectivity index (χ0) is 13.7. The van der Waals surface area contributed by atoms with Gasteiger partial charge in [0.25, 0.3) is 0 Å². The Morgan fingerprint density at radius 1 is 1.37 bits per heavy atom. The Morgan fingerprint density at radius 2 is 2.21 bits per heavy atom. The molecule has 2 rings (SSSR count). The molecule has 2 heterocycles. The van der Waals surface area contributed by atoms with E-state index in [1.54, 1.807) is 18.5 Å². The van der Waals surface area contributed by atoms with E-state index in [1.165, 1.54) is 0 Å². The molecule has 0 spiro atoms. The molecule has 1 atom stereocenters. The van der Waals surface area contributed by atoms with Gasteiger partial charge >= 0.3 is 0 Å². The number of nitrogens with zero attached hydrogens (tertiary/aromatic N) is 3. The number of aromatic nitrogens is 3. The normalized spacial score (nSPS) is 12.6. The molecule has 1 unspecified atom stereocenters. The van der Waals surface area contributed by atoms with Gasteiger partial charge in [-0.3, -0.25) is 4.98 Å². The van der Waals surface area contributed by atoms with E-state index >= 15 is 0 Å². The number of nitrogens with one attached hydrogen (secondary N) is 1. The van der Waals surface area contributed by atoms with Crippen LogP contribution in [0.1, 0.15) is 38.6 Å². The SMILES string of the molecule is CCCNC(CC)c1nnc(-c2ccncc2Cl)o1. The highest BCUT2D eigenvalue weighted by atomic mass is 35.5. The number of rotatable bonds is 6. The molecule has 19 heavy (non-hydrogen) atoms. The maximum atomic E-state index is 6.06. The van der Waals surface area contributed by atoms with Gasteiger partial charge < -0.3 is 9.73 Å². The fourth-order valence-corrected chi connectivity index (χ4v) is 1.96. The fraction of sp³-hybridized carbons (Fsp3) is 0.462. The predicted octanol–water partition coefficient (Wildman–Crippen LogP) is 3.24. The lowest BCUT2D eigenvalue weighted by atomic mass is 10.2. The summed E-state index contributed by atoms with van der Waals surface area (Å²) in [5.74, 6) is 1.03. The largest absolute Gasteiger partial charge is 0.419 e. The molecule has 0 fully saturated rings. The Kier molecular flexibility index (Phi) is 4.87. The maximum absolute atomic E-state index is 6.06. The Balaban J connectivity index is 2.21. The van der Waals surface area contributed by atoms with E-state index in [0.717, 1.165) is 19.4 Å². The first-order valence-electron chi connectivity index (χ1n) is 6.42. The summed E-state index contributed by atoms with van der Waals surface area (Å²) < 4.78 is 5.70. The van der Waals surface area contributed by atoms with Crippen molar-refractivity contribution in [1.82, 2.24) is 20.5 Å². The molecule has 2 aromatic rings. The highest BCUT2D eigenvalue weighted by Gasteiger charge is 2.18. The van der Waals surface area contributed by atoms with Crippen LogP contribution in [0.3, 0.4) is 0 Å². The lowest BCUT2D eigenvalue weighted by Crippen LogP contribution is -2.21. The number of pyridine rings is 1. The van der Waals surface area contributed by atoms with Gasteiger partial charge in [-0.2, -0.15) is 0 Å². The Bertz CT molecular complexity index is 529. The number of hydrogen-bond donors (Lipinski definition) is 1. The molecule has 1 N–H and O–H groups in total. The lowest BCUT2D eigenvalue weighted by Gasteiger charge is -2.11. The third kappa shape index (κ3) is 3.30. The van der Waals surface area contributed by atoms with Crippen molar-refractivity contribution >= 4 is 11.6 Å². The molecule has 0 aliphatic rings. The van der Waals surface area contributed by atoms with E-state index in [0.29, 0.717) is 22.4 Å². The topological polar surface area (TPSA) is 63.8 Å². The third-order valence-corrected chi connectivity index (χ3v) is 3.09. The van der Waals surface area contributed by atoms with Gasteiger partial charge in [-0.15, -0.1) is 10.2 Å². The third-order valence-electron chi connectivity index (χ3n) is 2.79. The Morgan fingerprint density at radius 3 is 2.89 bits per heavy atom. The van der Waals surface area contributed by atoms with Crippen molar-refractivity contribution in [1.29, 1.82) is 0 Å². The first kappa shape index (κ1) is 14.0. The fourth-order valence-electron chi connectivity index (χ4n) is 1.76. The van der Waals surface area contributed by atoms with E-state index in [2.05, 4.69) is 34.3 Å². The molecule has 0 saturated carbocycles. The van der Waals surface area contributed by atoms with Crippen molar-refractivity contribution in [2.45, 2.75) is 32.7 Å². The molecule has 0 saturated heterocycles. The molecule has 2 aromatic heterocycles. The molecular weight excluding hydrogens is 264 g/mol. The van der Waals surface area contributed by atoms with E-state index < -0.39 is 0 Å². The molecule has 102 valence electrons. The summed E-state index contributed by atoms with van der Waals surface area (Å²) in [4.78, 5) is 3.93. The Hall–Kier alpha value is -1.46. The van der Waals surface area contributed by atoms with Gasteiger partial charge in [0.2, 0.25) is 11.8 Å². The first-order chi connectivity index (χ1) is 9.26. The van der Waals surface area contributed by atoms with E-state index in [9.17, 15) is 0 Å². The second-order valence-electron chi connectivity index (χ2n) is 4.22. The number of hydrogen-bond acceptors (Lipinski definition) is 5. The smallest absolute Gasteiger partial charge is 0.249 e. The average Bonchev–Trinajstić information content (AvgIpc) is 2.90. The van der Waals surface area contributed by atoms with Gasteiger partial charge in [0, 0.05) is 12.4 Å². The molecule has 0 aliphatic heterocycles. The molecule has 0 aliphatic carbocycles. The summed E-state index contributed by atoms with van der Waals surface area (Å²) in [7, 11) is 0. The van der Waals surface area contributed by atoms with Crippen LogP contribution < -0.4 is 5.32 Å². The molecule has 6 heteroatoms. The standard InChI is InChI=1S/C13H17ClN4O/c1-3-6-16-11(4-2)13-18-17-12(19-13)9-5-7-15-8-10(9)14/h5,7-8,11,16H,3-4,6H2,1-2H3. The second-order valence-corrected chi connectivity index (χ2v) is 4.62. The highest BCUT2D eigenvalue weighted by Crippen LogP contribution is 2.27. The van der Waals surface area contributed by atoms with Gasteiger partial charge in [0.1, 0.15) is 0 Å². The van der Waals surface area contributed by atoms with Crippen molar-refractivity contribution in [3.05, 3.63) is 29.4 Å². The minimum atomic E-state index is 0.0850. The first-order valence-corrected chi connectivity index (χ1v) is 6.80. The summed E-state index contributed by atoms with van der Waals surface area (Å²) in [5, 5.41) is 12.0. The molecule has 0 bridgehead atoms. The lowest BCUT2D eigenvalue weighted by molar-refractivity contribution is 0.396. The van der Waals surface area contributed by atoms with Crippen LogP contribution in [0.15, 0.2) is 22.9 Å². The van der Waals surface area contributed by atoms with E-state index in [4.69, 9.17) is 16.0 Å². The van der Waals surface area contributed by atoms with Crippen LogP contribution in [0.2, 0.25) is 5.02 Å². The van der Waals surface area contributed by atoms with Gasteiger partial charge in [0.05, 0.1) is 16.6 Å². The molecule has 5 nitrogen and oxygen atoms in total. The highest BCUT2D eigenvalue weighted by molar-refractivity contribution is 6.32. The van der Waals surface area contributed by atoms with Crippen molar-refractivity contribution < 1.29 is 4.42 Å². The van der Waals surface area contributed by atoms with Gasteiger partial charge in [-0.05, 0) is 25.5 Å². The van der Waals surface area contributed by atoms with Crippen molar-refractivity contribution in [3.63, 3.8) is 0 Å². The van der Waals surface area contributed by atoms with Crippen LogP contribution in [0.25, 0.3) is 11.5 Å². The minimum absolute atomic E-state index is 0.0850. The zero-order valence-electron chi connectivity index (χ0n) is 11.1. The summed E-state index contributed by atoms with van der Waals surface area (Å²) in [6, 6.07) is 1.85. The summed E-state index contributed by atoms with van der Waals surface area (Å²) >= 11 is 6.06. The van der Waals surface area contributed by atoms with Gasteiger partial charge in [-0.25, -0.2) is 0 Å². The summed E-state index contributed by atoms with van der Waals surface area (Å²) in [6.07, 6.45) is 5.17. The minimum Gasteiger partial charge on any atom is -0.419 e. The quantitative estimate of drug-likeness (QED) is 0.880. The van der Waals surface area contributed by atoms with Crippen LogP contribution in [-0.4, -0.2) is 21.7 Å². The van der Waals surface area contributed by atoms with Gasteiger partial charge in [-0.1, -0.05) is 25.4 Å². The molecular formula is C13H17ClN4O. The van der Waals surface area contributed by atoms with Crippen LogP contribution in [0, 0.1) is 0 Å². The summed E-state index contributed by atoms with van der Waals surface area (Å²) in [6.45, 7) is 5.12. The van der Waals surface area contributed by atoms with Crippen LogP contribution in [0.4, 0.5) is 0 Å². The van der Waals surface area contributed by atoms with Crippen LogP contribution >= 0.6 is 11.6 Å². The van der Waals surface area contributed by atoms with Crippen LogP contribution in [-0.2, 0) is 0 Å². The molecule has 0 aromatic carbocycles. The maximum Gasteiger partial charge on any atom is 0.249 e. The van der Waals surface area contributed by atoms with E-state index in [-0.39, 0.29) is 6.04 Å². The van der Waals surface area contributed by atoms with Crippen LogP contribution in [0.5, 0.6) is 0 Å².